The Bertz CT molecular complexity index is 866. The lowest BCUT2D eigenvalue weighted by Crippen LogP contribution is -2.37. The number of aromatic nitrogens is 1. The van der Waals surface area contributed by atoms with Crippen molar-refractivity contribution in [1.82, 2.24) is 0 Å². The molecule has 0 amide bonds. The highest BCUT2D eigenvalue weighted by Crippen LogP contribution is 2.34. The molecule has 0 aliphatic carbocycles. The molecule has 0 fully saturated rings. The highest BCUT2D eigenvalue weighted by atomic mass is 16.5. The molecule has 2 nitrogen and oxygen atoms in total. The standard InChI is InChI=1S/C21H21NO/c1-4-10-19-17-13-8-9-14-18(17)20(16-11-6-5-7-12-16)21(15(2)3)22(19)23/h5-9,11-14H,2,4,10H2,1,3H3. The van der Waals surface area contributed by atoms with Crippen molar-refractivity contribution in [2.24, 2.45) is 0 Å². The molecule has 23 heavy (non-hydrogen) atoms. The number of aryl methyl sites for hydroxylation is 1. The second-order valence-corrected chi connectivity index (χ2v) is 5.91. The molecule has 0 aliphatic heterocycles. The number of hydrogen-bond acceptors (Lipinski definition) is 1. The Kier molecular flexibility index (Phi) is 4.16. The monoisotopic (exact) mass is 303 g/mol. The quantitative estimate of drug-likeness (QED) is 0.485. The van der Waals surface area contributed by atoms with Crippen LogP contribution in [-0.4, -0.2) is 0 Å². The molecule has 0 saturated heterocycles. The van der Waals surface area contributed by atoms with Crippen molar-refractivity contribution >= 4 is 16.3 Å². The third kappa shape index (κ3) is 2.61. The van der Waals surface area contributed by atoms with Crippen LogP contribution in [0.25, 0.3) is 27.5 Å². The molecule has 0 atom stereocenters. The molecule has 1 aromatic heterocycles. The zero-order chi connectivity index (χ0) is 16.4. The topological polar surface area (TPSA) is 26.9 Å². The van der Waals surface area contributed by atoms with Gasteiger partial charge >= 0.3 is 0 Å². The second-order valence-electron chi connectivity index (χ2n) is 5.91. The summed E-state index contributed by atoms with van der Waals surface area (Å²) in [4.78, 5) is 0. The molecule has 0 radical (unpaired) electrons. The van der Waals surface area contributed by atoms with Crippen LogP contribution in [-0.2, 0) is 6.42 Å². The molecular weight excluding hydrogens is 282 g/mol. The van der Waals surface area contributed by atoms with Crippen molar-refractivity contribution in [3.8, 4) is 11.1 Å². The van der Waals surface area contributed by atoms with Crippen molar-refractivity contribution in [3.05, 3.63) is 77.8 Å². The molecule has 2 heteroatoms. The fraction of sp³-hybridized carbons (Fsp3) is 0.190. The molecule has 0 unspecified atom stereocenters. The molecule has 0 N–H and O–H groups in total. The molecular formula is C21H21NO. The van der Waals surface area contributed by atoms with E-state index in [0.717, 1.165) is 50.7 Å². The van der Waals surface area contributed by atoms with Gasteiger partial charge < -0.3 is 5.21 Å². The smallest absolute Gasteiger partial charge is 0.227 e. The third-order valence-corrected chi connectivity index (χ3v) is 4.15. The van der Waals surface area contributed by atoms with Gasteiger partial charge in [-0.05, 0) is 25.0 Å². The van der Waals surface area contributed by atoms with Gasteiger partial charge in [-0.25, -0.2) is 0 Å². The summed E-state index contributed by atoms with van der Waals surface area (Å²) in [6.07, 6.45) is 1.70. The Balaban J connectivity index is 2.49. The first-order valence-electron chi connectivity index (χ1n) is 8.03. The fourth-order valence-electron chi connectivity index (χ4n) is 3.18. The van der Waals surface area contributed by atoms with Gasteiger partial charge in [0, 0.05) is 17.4 Å². The lowest BCUT2D eigenvalue weighted by atomic mass is 9.92. The molecule has 3 aromatic rings. The zero-order valence-electron chi connectivity index (χ0n) is 13.7. The van der Waals surface area contributed by atoms with E-state index in [9.17, 15) is 5.21 Å². The highest BCUT2D eigenvalue weighted by molar-refractivity contribution is 6.00. The van der Waals surface area contributed by atoms with E-state index < -0.39 is 0 Å². The first-order valence-corrected chi connectivity index (χ1v) is 8.03. The maximum Gasteiger partial charge on any atom is 0.227 e. The number of fused-ring (bicyclic) bond motifs is 1. The lowest BCUT2D eigenvalue weighted by molar-refractivity contribution is -0.614. The van der Waals surface area contributed by atoms with Gasteiger partial charge in [0.15, 0.2) is 0 Å². The first-order chi connectivity index (χ1) is 11.1. The Morgan fingerprint density at radius 2 is 1.61 bits per heavy atom. The van der Waals surface area contributed by atoms with Gasteiger partial charge in [-0.3, -0.25) is 0 Å². The van der Waals surface area contributed by atoms with E-state index in [0.29, 0.717) is 5.69 Å². The Morgan fingerprint density at radius 1 is 1.00 bits per heavy atom. The summed E-state index contributed by atoms with van der Waals surface area (Å²) < 4.78 is 1.09. The van der Waals surface area contributed by atoms with Crippen LogP contribution in [0, 0.1) is 5.21 Å². The van der Waals surface area contributed by atoms with Gasteiger partial charge in [0.25, 0.3) is 0 Å². The third-order valence-electron chi connectivity index (χ3n) is 4.15. The number of hydrogen-bond donors (Lipinski definition) is 0. The van der Waals surface area contributed by atoms with E-state index in [1.54, 1.807) is 0 Å². The zero-order valence-corrected chi connectivity index (χ0v) is 13.7. The predicted molar refractivity (Wildman–Crippen MR) is 97.0 cm³/mol. The average Bonchev–Trinajstić information content (AvgIpc) is 2.57. The number of pyridine rings is 1. The SMILES string of the molecule is C=C(C)c1c(-c2ccccc2)c2ccccc2c(CCC)[n+]1[O-]. The van der Waals surface area contributed by atoms with Crippen molar-refractivity contribution < 1.29 is 4.73 Å². The summed E-state index contributed by atoms with van der Waals surface area (Å²) in [7, 11) is 0. The van der Waals surface area contributed by atoms with Crippen LogP contribution in [0.4, 0.5) is 0 Å². The van der Waals surface area contributed by atoms with Crippen LogP contribution in [0.1, 0.15) is 31.7 Å². The van der Waals surface area contributed by atoms with Crippen molar-refractivity contribution in [1.29, 1.82) is 0 Å². The maximum atomic E-state index is 13.1. The summed E-state index contributed by atoms with van der Waals surface area (Å²) in [6, 6.07) is 18.3. The molecule has 116 valence electrons. The molecule has 0 saturated carbocycles. The molecule has 2 aromatic carbocycles. The predicted octanol–water partition coefficient (Wildman–Crippen LogP) is 5.13. The average molecular weight is 303 g/mol. The van der Waals surface area contributed by atoms with Crippen molar-refractivity contribution in [3.63, 3.8) is 0 Å². The number of rotatable bonds is 4. The van der Waals surface area contributed by atoms with E-state index in [2.05, 4.69) is 19.6 Å². The van der Waals surface area contributed by atoms with Gasteiger partial charge in [0.1, 0.15) is 0 Å². The minimum absolute atomic E-state index is 0.679. The van der Waals surface area contributed by atoms with Crippen LogP contribution >= 0.6 is 0 Å². The van der Waals surface area contributed by atoms with Crippen LogP contribution in [0.15, 0.2) is 61.2 Å². The molecule has 0 bridgehead atoms. The van der Waals surface area contributed by atoms with Crippen molar-refractivity contribution in [2.75, 3.05) is 0 Å². The summed E-state index contributed by atoms with van der Waals surface area (Å²) in [5.41, 5.74) is 4.33. The molecule has 0 spiro atoms. The number of allylic oxidation sites excluding steroid dienone is 1. The van der Waals surface area contributed by atoms with Crippen LogP contribution < -0.4 is 4.73 Å². The second kappa shape index (κ2) is 6.25. The normalized spacial score (nSPS) is 10.9. The fourth-order valence-corrected chi connectivity index (χ4v) is 3.18. The van der Waals surface area contributed by atoms with E-state index in [1.807, 2.05) is 55.5 Å². The number of benzene rings is 2. The Morgan fingerprint density at radius 3 is 2.22 bits per heavy atom. The minimum Gasteiger partial charge on any atom is -0.618 e. The van der Waals surface area contributed by atoms with Gasteiger partial charge in [-0.15, -0.1) is 0 Å². The van der Waals surface area contributed by atoms with E-state index in [4.69, 9.17) is 0 Å². The largest absolute Gasteiger partial charge is 0.618 e. The highest BCUT2D eigenvalue weighted by Gasteiger charge is 2.24. The van der Waals surface area contributed by atoms with E-state index >= 15 is 0 Å². The van der Waals surface area contributed by atoms with E-state index in [-0.39, 0.29) is 0 Å². The van der Waals surface area contributed by atoms with Gasteiger partial charge in [0.2, 0.25) is 11.4 Å². The number of nitrogens with zero attached hydrogens (tertiary/aromatic N) is 1. The van der Waals surface area contributed by atoms with Crippen LogP contribution in [0.5, 0.6) is 0 Å². The van der Waals surface area contributed by atoms with Gasteiger partial charge in [-0.1, -0.05) is 62.0 Å². The molecule has 3 rings (SSSR count). The summed E-state index contributed by atoms with van der Waals surface area (Å²) in [5, 5.41) is 15.2. The first kappa shape index (κ1) is 15.3. The van der Waals surface area contributed by atoms with E-state index in [1.165, 1.54) is 0 Å². The minimum atomic E-state index is 0.679. The summed E-state index contributed by atoms with van der Waals surface area (Å²) in [5.74, 6) is 0. The van der Waals surface area contributed by atoms with Gasteiger partial charge in [0.05, 0.1) is 10.9 Å². The van der Waals surface area contributed by atoms with Crippen molar-refractivity contribution in [2.45, 2.75) is 26.7 Å². The maximum absolute atomic E-state index is 13.1. The summed E-state index contributed by atoms with van der Waals surface area (Å²) >= 11 is 0. The Hall–Kier alpha value is -2.61. The molecule has 0 aliphatic rings. The Labute approximate surface area is 137 Å². The van der Waals surface area contributed by atoms with Crippen LogP contribution in [0.3, 0.4) is 0 Å². The van der Waals surface area contributed by atoms with Crippen LogP contribution in [0.2, 0.25) is 0 Å². The molecule has 1 heterocycles. The lowest BCUT2D eigenvalue weighted by Gasteiger charge is -2.17. The summed E-state index contributed by atoms with van der Waals surface area (Å²) in [6.45, 7) is 8.06. The van der Waals surface area contributed by atoms with Gasteiger partial charge in [-0.2, -0.15) is 4.73 Å².